The highest BCUT2D eigenvalue weighted by Gasteiger charge is 2.32. The fourth-order valence-corrected chi connectivity index (χ4v) is 5.54. The molecular weight excluding hydrogens is 432 g/mol. The van der Waals surface area contributed by atoms with E-state index in [0.29, 0.717) is 5.75 Å². The van der Waals surface area contributed by atoms with Crippen molar-refractivity contribution in [2.24, 2.45) is 5.92 Å². The van der Waals surface area contributed by atoms with Crippen molar-refractivity contribution < 1.29 is 17.7 Å². The molecule has 1 N–H and O–H groups in total. The highest BCUT2D eigenvalue weighted by molar-refractivity contribution is 7.86. The number of rotatable bonds is 12. The second kappa shape index (κ2) is 11.1. The summed E-state index contributed by atoms with van der Waals surface area (Å²) in [6.07, 6.45) is 6.42. The number of hydrogen-bond acceptors (Lipinski definition) is 4. The highest BCUT2D eigenvalue weighted by Crippen LogP contribution is 2.40. The van der Waals surface area contributed by atoms with Crippen molar-refractivity contribution in [1.29, 1.82) is 0 Å². The fraction of sp³-hybridized carbons (Fsp3) is 0.571. The van der Waals surface area contributed by atoms with Gasteiger partial charge in [-0.15, -0.1) is 0 Å². The predicted molar refractivity (Wildman–Crippen MR) is 137 cm³/mol. The Kier molecular flexibility index (Phi) is 9.17. The van der Waals surface area contributed by atoms with Crippen LogP contribution in [0.5, 0.6) is 5.75 Å². The molecule has 0 amide bonds. The first-order chi connectivity index (χ1) is 15.4. The third-order valence-electron chi connectivity index (χ3n) is 7.69. The van der Waals surface area contributed by atoms with Gasteiger partial charge in [0, 0.05) is 5.41 Å². The summed E-state index contributed by atoms with van der Waals surface area (Å²) in [4.78, 5) is 0. The summed E-state index contributed by atoms with van der Waals surface area (Å²) in [6.45, 7) is 12.6. The van der Waals surface area contributed by atoms with Gasteiger partial charge >= 0.3 is 10.1 Å². The smallest absolute Gasteiger partial charge is 0.306 e. The summed E-state index contributed by atoms with van der Waals surface area (Å²) in [5, 5.41) is 10.8. The monoisotopic (exact) mass is 474 g/mol. The molecule has 33 heavy (non-hydrogen) atoms. The molecule has 2 aromatic rings. The van der Waals surface area contributed by atoms with Crippen molar-refractivity contribution in [1.82, 2.24) is 0 Å². The van der Waals surface area contributed by atoms with Gasteiger partial charge in [-0.25, -0.2) is 0 Å². The Morgan fingerprint density at radius 1 is 0.909 bits per heavy atom. The van der Waals surface area contributed by atoms with Crippen LogP contribution in [-0.4, -0.2) is 25.4 Å². The third kappa shape index (κ3) is 6.39. The Bertz CT molecular complexity index is 1000. The van der Waals surface area contributed by atoms with Crippen LogP contribution in [-0.2, 0) is 22.0 Å². The summed E-state index contributed by atoms with van der Waals surface area (Å²) in [5.74, 6) is 0.638. The van der Waals surface area contributed by atoms with Crippen LogP contribution in [0.25, 0.3) is 0 Å². The topological polar surface area (TPSA) is 63.6 Å². The van der Waals surface area contributed by atoms with Gasteiger partial charge in [0.1, 0.15) is 5.75 Å². The molecule has 0 spiro atoms. The quantitative estimate of drug-likeness (QED) is 0.354. The zero-order valence-electron chi connectivity index (χ0n) is 21.4. The molecule has 4 nitrogen and oxygen atoms in total. The van der Waals surface area contributed by atoms with Gasteiger partial charge in [0.25, 0.3) is 0 Å². The number of hydrogen-bond donors (Lipinski definition) is 1. The Balaban J connectivity index is 2.28. The van der Waals surface area contributed by atoms with Crippen LogP contribution >= 0.6 is 0 Å². The van der Waals surface area contributed by atoms with Crippen LogP contribution < -0.4 is 4.18 Å². The van der Waals surface area contributed by atoms with E-state index < -0.39 is 15.7 Å². The van der Waals surface area contributed by atoms with E-state index in [1.165, 1.54) is 16.7 Å². The molecule has 0 aliphatic carbocycles. The van der Waals surface area contributed by atoms with E-state index in [4.69, 9.17) is 4.18 Å². The van der Waals surface area contributed by atoms with Crippen LogP contribution in [0.4, 0.5) is 0 Å². The van der Waals surface area contributed by atoms with E-state index in [1.54, 1.807) is 6.07 Å². The van der Waals surface area contributed by atoms with Crippen molar-refractivity contribution in [3.05, 3.63) is 64.7 Å². The summed E-state index contributed by atoms with van der Waals surface area (Å²) in [5.41, 5.74) is 3.81. The first-order valence-corrected chi connectivity index (χ1v) is 14.1. The first kappa shape index (κ1) is 27.4. The summed E-state index contributed by atoms with van der Waals surface area (Å²) in [6, 6.07) is 14.7. The second-order valence-corrected chi connectivity index (χ2v) is 11.1. The van der Waals surface area contributed by atoms with Gasteiger partial charge in [-0.05, 0) is 79.7 Å². The van der Waals surface area contributed by atoms with Crippen molar-refractivity contribution in [3.63, 3.8) is 0 Å². The Hall–Kier alpha value is -1.85. The van der Waals surface area contributed by atoms with Gasteiger partial charge in [-0.3, -0.25) is 0 Å². The maximum absolute atomic E-state index is 11.5. The molecule has 0 aromatic heterocycles. The molecular formula is C28H42O4S. The Morgan fingerprint density at radius 3 is 1.91 bits per heavy atom. The van der Waals surface area contributed by atoms with E-state index in [0.717, 1.165) is 50.3 Å². The van der Waals surface area contributed by atoms with Gasteiger partial charge < -0.3 is 9.29 Å². The average molecular weight is 475 g/mol. The first-order valence-electron chi connectivity index (χ1n) is 12.3. The van der Waals surface area contributed by atoms with Crippen molar-refractivity contribution in [2.45, 2.75) is 91.1 Å². The van der Waals surface area contributed by atoms with Crippen LogP contribution in [0.3, 0.4) is 0 Å². The third-order valence-corrected chi connectivity index (χ3v) is 8.17. The maximum Gasteiger partial charge on any atom is 0.306 e. The Labute approximate surface area is 201 Å². The van der Waals surface area contributed by atoms with Gasteiger partial charge in [-0.2, -0.15) is 8.42 Å². The number of aryl methyl sites for hydroxylation is 2. The number of aliphatic hydroxyl groups is 1. The molecule has 0 saturated heterocycles. The van der Waals surface area contributed by atoms with E-state index >= 15 is 0 Å². The summed E-state index contributed by atoms with van der Waals surface area (Å²) in [7, 11) is -3.56. The molecule has 1 atom stereocenters. The molecule has 0 bridgehead atoms. The minimum absolute atomic E-state index is 0.148. The lowest BCUT2D eigenvalue weighted by molar-refractivity contribution is -0.0218. The molecule has 0 radical (unpaired) electrons. The van der Waals surface area contributed by atoms with Crippen LogP contribution in [0, 0.1) is 12.8 Å². The van der Waals surface area contributed by atoms with E-state index in [2.05, 4.69) is 65.0 Å². The van der Waals surface area contributed by atoms with Gasteiger partial charge in [0.05, 0.1) is 11.9 Å². The predicted octanol–water partition coefficient (Wildman–Crippen LogP) is 6.56. The molecule has 0 saturated carbocycles. The SMILES string of the molecule is CCC(CC)(c1ccc(CCC(C)C(O)(CC)CC)cc1)c1ccc(OS(C)(=O)=O)c(C)c1. The molecule has 2 aromatic carbocycles. The average Bonchev–Trinajstić information content (AvgIpc) is 2.79. The molecule has 0 fully saturated rings. The minimum Gasteiger partial charge on any atom is -0.390 e. The van der Waals surface area contributed by atoms with E-state index in [9.17, 15) is 13.5 Å². The lowest BCUT2D eigenvalue weighted by Crippen LogP contribution is -2.35. The van der Waals surface area contributed by atoms with Gasteiger partial charge in [0.2, 0.25) is 0 Å². The molecule has 5 heteroatoms. The second-order valence-electron chi connectivity index (χ2n) is 9.50. The molecule has 2 rings (SSSR count). The normalized spacial score (nSPS) is 13.7. The van der Waals surface area contributed by atoms with Crippen LogP contribution in [0.1, 0.15) is 89.0 Å². The summed E-state index contributed by atoms with van der Waals surface area (Å²) >= 11 is 0. The van der Waals surface area contributed by atoms with Crippen molar-refractivity contribution in [2.75, 3.05) is 6.26 Å². The molecule has 1 unspecified atom stereocenters. The lowest BCUT2D eigenvalue weighted by atomic mass is 9.70. The van der Waals surface area contributed by atoms with Crippen molar-refractivity contribution >= 4 is 10.1 Å². The number of benzene rings is 2. The maximum atomic E-state index is 11.5. The molecule has 0 aliphatic heterocycles. The van der Waals surface area contributed by atoms with Crippen LogP contribution in [0.2, 0.25) is 0 Å². The molecule has 0 aliphatic rings. The summed E-state index contributed by atoms with van der Waals surface area (Å²) < 4.78 is 28.2. The zero-order chi connectivity index (χ0) is 24.9. The Morgan fingerprint density at radius 2 is 1.45 bits per heavy atom. The van der Waals surface area contributed by atoms with Gasteiger partial charge in [0.15, 0.2) is 0 Å². The van der Waals surface area contributed by atoms with Gasteiger partial charge in [-0.1, -0.05) is 71.0 Å². The largest absolute Gasteiger partial charge is 0.390 e. The fourth-order valence-electron chi connectivity index (χ4n) is 5.03. The molecule has 0 heterocycles. The standard InChI is InChI=1S/C28H42O4S/c1-8-27(9-2,25-18-19-26(21(5)20-25)32-33(7,30)31)24-16-14-23(15-17-24)13-12-22(6)28(29,10-3)11-4/h14-20,22,29H,8-13H2,1-7H3. The van der Waals surface area contributed by atoms with Crippen molar-refractivity contribution in [3.8, 4) is 5.75 Å². The highest BCUT2D eigenvalue weighted by atomic mass is 32.2. The molecule has 184 valence electrons. The van der Waals surface area contributed by atoms with Crippen LogP contribution in [0.15, 0.2) is 42.5 Å². The van der Waals surface area contributed by atoms with E-state index in [1.807, 2.05) is 13.0 Å². The van der Waals surface area contributed by atoms with E-state index in [-0.39, 0.29) is 11.3 Å². The lowest BCUT2D eigenvalue weighted by Gasteiger charge is -2.34. The minimum atomic E-state index is -3.56. The zero-order valence-corrected chi connectivity index (χ0v) is 22.3.